The van der Waals surface area contributed by atoms with Gasteiger partial charge in [0.2, 0.25) is 0 Å². The molecule has 1 N–H and O–H groups in total. The first kappa shape index (κ1) is 13.6. The quantitative estimate of drug-likeness (QED) is 0.799. The molecular weight excluding hydrogens is 282 g/mol. The van der Waals surface area contributed by atoms with E-state index in [1.807, 2.05) is 55.1 Å². The van der Waals surface area contributed by atoms with Crippen LogP contribution in [0.25, 0.3) is 5.13 Å². The molecule has 4 nitrogen and oxygen atoms in total. The molecule has 106 valence electrons. The van der Waals surface area contributed by atoms with Gasteiger partial charge in [0.05, 0.1) is 0 Å². The van der Waals surface area contributed by atoms with Gasteiger partial charge in [-0.1, -0.05) is 6.07 Å². The minimum Gasteiger partial charge on any atom is -0.321 e. The molecule has 3 rings (SSSR count). The van der Waals surface area contributed by atoms with Gasteiger partial charge in [-0.25, -0.2) is 4.98 Å². The van der Waals surface area contributed by atoms with Crippen LogP contribution >= 0.6 is 11.3 Å². The van der Waals surface area contributed by atoms with E-state index in [0.717, 1.165) is 21.9 Å². The Morgan fingerprint density at radius 3 is 2.48 bits per heavy atom. The maximum Gasteiger partial charge on any atom is 0.275 e. The van der Waals surface area contributed by atoms with Crippen LogP contribution in [0, 0.1) is 13.8 Å². The van der Waals surface area contributed by atoms with Crippen LogP contribution in [-0.2, 0) is 0 Å². The van der Waals surface area contributed by atoms with Crippen LogP contribution in [0.1, 0.15) is 21.6 Å². The fraction of sp³-hybridized carbons (Fsp3) is 0.125. The summed E-state index contributed by atoms with van der Waals surface area (Å²) in [6.07, 6.45) is 3.81. The Kier molecular flexibility index (Phi) is 3.58. The number of amides is 1. The smallest absolute Gasteiger partial charge is 0.275 e. The Bertz CT molecular complexity index is 754. The molecule has 2 aromatic heterocycles. The van der Waals surface area contributed by atoms with Crippen molar-refractivity contribution in [3.8, 4) is 5.13 Å². The summed E-state index contributed by atoms with van der Waals surface area (Å²) in [4.78, 5) is 16.6. The summed E-state index contributed by atoms with van der Waals surface area (Å²) in [5.41, 5.74) is 3.48. The van der Waals surface area contributed by atoms with Gasteiger partial charge in [-0.3, -0.25) is 4.79 Å². The maximum absolute atomic E-state index is 12.2. The van der Waals surface area contributed by atoms with Crippen LogP contribution in [0.15, 0.2) is 48.1 Å². The second kappa shape index (κ2) is 5.54. The number of hydrogen-bond donors (Lipinski definition) is 1. The number of aryl methyl sites for hydroxylation is 2. The highest BCUT2D eigenvalue weighted by molar-refractivity contribution is 7.12. The first-order chi connectivity index (χ1) is 10.1. The van der Waals surface area contributed by atoms with Gasteiger partial charge in [0.25, 0.3) is 5.91 Å². The standard InChI is InChI=1S/C16H15N3OS/c1-11-7-12(2)9-13(8-11)17-15(20)14-10-21-16(18-14)19-5-3-4-6-19/h3-10H,1-2H3,(H,17,20). The third-order valence-electron chi connectivity index (χ3n) is 3.03. The van der Waals surface area contributed by atoms with E-state index in [0.29, 0.717) is 5.69 Å². The van der Waals surface area contributed by atoms with Crippen molar-refractivity contribution in [1.29, 1.82) is 0 Å². The normalized spacial score (nSPS) is 10.6. The fourth-order valence-corrected chi connectivity index (χ4v) is 2.96. The monoisotopic (exact) mass is 297 g/mol. The van der Waals surface area contributed by atoms with E-state index in [-0.39, 0.29) is 5.91 Å². The Morgan fingerprint density at radius 1 is 1.14 bits per heavy atom. The summed E-state index contributed by atoms with van der Waals surface area (Å²) < 4.78 is 1.89. The third kappa shape index (κ3) is 3.03. The second-order valence-corrected chi connectivity index (χ2v) is 5.77. The van der Waals surface area contributed by atoms with Gasteiger partial charge in [-0.15, -0.1) is 11.3 Å². The number of hydrogen-bond acceptors (Lipinski definition) is 3. The number of thiazole rings is 1. The van der Waals surface area contributed by atoms with Crippen LogP contribution < -0.4 is 5.32 Å². The molecule has 21 heavy (non-hydrogen) atoms. The molecule has 0 saturated heterocycles. The molecule has 1 aromatic carbocycles. The Balaban J connectivity index is 1.79. The Labute approximate surface area is 127 Å². The van der Waals surface area contributed by atoms with E-state index in [1.54, 1.807) is 5.38 Å². The van der Waals surface area contributed by atoms with Crippen molar-refractivity contribution < 1.29 is 4.79 Å². The predicted molar refractivity (Wildman–Crippen MR) is 85.3 cm³/mol. The molecule has 0 aliphatic rings. The summed E-state index contributed by atoms with van der Waals surface area (Å²) in [6, 6.07) is 9.82. The number of nitrogens with one attached hydrogen (secondary N) is 1. The van der Waals surface area contributed by atoms with Gasteiger partial charge in [0, 0.05) is 23.5 Å². The average molecular weight is 297 g/mol. The van der Waals surface area contributed by atoms with Gasteiger partial charge < -0.3 is 9.88 Å². The molecule has 0 radical (unpaired) electrons. The number of carbonyl (C=O) groups is 1. The molecule has 0 spiro atoms. The molecule has 2 heterocycles. The Hall–Kier alpha value is -2.40. The van der Waals surface area contributed by atoms with Gasteiger partial charge in [-0.2, -0.15) is 0 Å². The van der Waals surface area contributed by atoms with Crippen LogP contribution in [-0.4, -0.2) is 15.5 Å². The van der Waals surface area contributed by atoms with E-state index < -0.39 is 0 Å². The van der Waals surface area contributed by atoms with Crippen LogP contribution in [0.3, 0.4) is 0 Å². The average Bonchev–Trinajstić information content (AvgIpc) is 3.09. The van der Waals surface area contributed by atoms with E-state index in [9.17, 15) is 4.79 Å². The zero-order valence-electron chi connectivity index (χ0n) is 11.8. The molecule has 0 bridgehead atoms. The molecule has 0 fully saturated rings. The van der Waals surface area contributed by atoms with Crippen molar-refractivity contribution >= 4 is 22.9 Å². The number of anilines is 1. The summed E-state index contributed by atoms with van der Waals surface area (Å²) in [5, 5.41) is 5.45. The van der Waals surface area contributed by atoms with Crippen LogP contribution in [0.4, 0.5) is 5.69 Å². The number of carbonyl (C=O) groups excluding carboxylic acids is 1. The minimum atomic E-state index is -0.186. The predicted octanol–water partition coefficient (Wildman–Crippen LogP) is 3.80. The fourth-order valence-electron chi connectivity index (χ4n) is 2.19. The van der Waals surface area contributed by atoms with Gasteiger partial charge in [-0.05, 0) is 49.2 Å². The molecule has 0 atom stereocenters. The van der Waals surface area contributed by atoms with Crippen molar-refractivity contribution in [2.45, 2.75) is 13.8 Å². The third-order valence-corrected chi connectivity index (χ3v) is 3.88. The molecular formula is C16H15N3OS. The first-order valence-electron chi connectivity index (χ1n) is 6.60. The lowest BCUT2D eigenvalue weighted by atomic mass is 10.1. The van der Waals surface area contributed by atoms with Crippen LogP contribution in [0.2, 0.25) is 0 Å². The van der Waals surface area contributed by atoms with E-state index in [2.05, 4.69) is 16.4 Å². The first-order valence-corrected chi connectivity index (χ1v) is 7.48. The summed E-state index contributed by atoms with van der Waals surface area (Å²) >= 11 is 1.44. The number of rotatable bonds is 3. The zero-order chi connectivity index (χ0) is 14.8. The SMILES string of the molecule is Cc1cc(C)cc(NC(=O)c2csc(-n3cccc3)n2)c1. The van der Waals surface area contributed by atoms with Crippen molar-refractivity contribution in [3.05, 3.63) is 64.9 Å². The summed E-state index contributed by atoms with van der Waals surface area (Å²) in [6.45, 7) is 4.02. The van der Waals surface area contributed by atoms with E-state index >= 15 is 0 Å². The molecule has 0 aliphatic carbocycles. The topological polar surface area (TPSA) is 46.9 Å². The van der Waals surface area contributed by atoms with E-state index in [4.69, 9.17) is 0 Å². The molecule has 0 aliphatic heterocycles. The van der Waals surface area contributed by atoms with Gasteiger partial charge >= 0.3 is 0 Å². The van der Waals surface area contributed by atoms with Crippen molar-refractivity contribution in [2.24, 2.45) is 0 Å². The number of benzene rings is 1. The highest BCUT2D eigenvalue weighted by Gasteiger charge is 2.12. The Morgan fingerprint density at radius 2 is 1.81 bits per heavy atom. The van der Waals surface area contributed by atoms with Crippen molar-refractivity contribution in [3.63, 3.8) is 0 Å². The molecule has 1 amide bonds. The lowest BCUT2D eigenvalue weighted by Crippen LogP contribution is -2.12. The largest absolute Gasteiger partial charge is 0.321 e. The highest BCUT2D eigenvalue weighted by atomic mass is 32.1. The highest BCUT2D eigenvalue weighted by Crippen LogP contribution is 2.18. The van der Waals surface area contributed by atoms with Crippen molar-refractivity contribution in [2.75, 3.05) is 5.32 Å². The zero-order valence-corrected chi connectivity index (χ0v) is 12.6. The summed E-state index contributed by atoms with van der Waals surface area (Å²) in [7, 11) is 0. The molecule has 5 heteroatoms. The second-order valence-electron chi connectivity index (χ2n) is 4.94. The number of nitrogens with zero attached hydrogens (tertiary/aromatic N) is 2. The van der Waals surface area contributed by atoms with Crippen LogP contribution in [0.5, 0.6) is 0 Å². The van der Waals surface area contributed by atoms with E-state index in [1.165, 1.54) is 11.3 Å². The van der Waals surface area contributed by atoms with Crippen molar-refractivity contribution in [1.82, 2.24) is 9.55 Å². The molecule has 0 unspecified atom stereocenters. The summed E-state index contributed by atoms with van der Waals surface area (Å²) in [5.74, 6) is -0.186. The molecule has 0 saturated carbocycles. The molecule has 3 aromatic rings. The maximum atomic E-state index is 12.2. The minimum absolute atomic E-state index is 0.186. The number of aromatic nitrogens is 2. The lowest BCUT2D eigenvalue weighted by molar-refractivity contribution is 0.102. The lowest BCUT2D eigenvalue weighted by Gasteiger charge is -2.06. The van der Waals surface area contributed by atoms with Gasteiger partial charge in [0.1, 0.15) is 5.69 Å². The van der Waals surface area contributed by atoms with Gasteiger partial charge in [0.15, 0.2) is 5.13 Å².